The number of unbranched alkanes of at least 4 members (excludes halogenated alkanes) is 1. The second kappa shape index (κ2) is 7.01. The van der Waals surface area contributed by atoms with Gasteiger partial charge >= 0.3 is 5.97 Å². The molecule has 1 N–H and O–H groups in total. The summed E-state index contributed by atoms with van der Waals surface area (Å²) in [7, 11) is 0. The molecule has 2 aromatic heterocycles. The minimum absolute atomic E-state index is 0.206. The molecule has 0 bridgehead atoms. The van der Waals surface area contributed by atoms with Gasteiger partial charge in [-0.1, -0.05) is 6.07 Å². The predicted molar refractivity (Wildman–Crippen MR) is 89.5 cm³/mol. The Morgan fingerprint density at radius 3 is 2.96 bits per heavy atom. The van der Waals surface area contributed by atoms with E-state index in [1.54, 1.807) is 6.33 Å². The average Bonchev–Trinajstić information content (AvgIpc) is 3.18. The number of aryl methyl sites for hydroxylation is 1. The molecule has 0 aliphatic carbocycles. The van der Waals surface area contributed by atoms with E-state index in [0.717, 1.165) is 29.6 Å². The molecule has 0 radical (unpaired) electrons. The molecule has 0 spiro atoms. The number of carboxylic acid groups (broad SMARTS) is 1. The summed E-state index contributed by atoms with van der Waals surface area (Å²) in [6, 6.07) is 9.85. The highest BCUT2D eigenvalue weighted by Crippen LogP contribution is 2.18. The van der Waals surface area contributed by atoms with Gasteiger partial charge in [0.2, 0.25) is 0 Å². The van der Waals surface area contributed by atoms with Crippen LogP contribution in [0.15, 0.2) is 43.0 Å². The smallest absolute Gasteiger partial charge is 0.303 e. The fourth-order valence-corrected chi connectivity index (χ4v) is 2.75. The van der Waals surface area contributed by atoms with Crippen molar-refractivity contribution in [3.05, 3.63) is 54.2 Å². The highest BCUT2D eigenvalue weighted by Gasteiger charge is 2.06. The maximum Gasteiger partial charge on any atom is 0.303 e. The van der Waals surface area contributed by atoms with Crippen LogP contribution in [0.4, 0.5) is 0 Å². The van der Waals surface area contributed by atoms with Gasteiger partial charge in [-0.3, -0.25) is 4.79 Å². The van der Waals surface area contributed by atoms with Crippen molar-refractivity contribution in [3.8, 4) is 6.07 Å². The number of nitrogens with zero attached hydrogens (tertiary/aromatic N) is 4. The molecule has 0 saturated carbocycles. The van der Waals surface area contributed by atoms with Gasteiger partial charge in [-0.15, -0.1) is 0 Å². The van der Waals surface area contributed by atoms with E-state index < -0.39 is 5.97 Å². The molecule has 24 heavy (non-hydrogen) atoms. The molecule has 1 aromatic carbocycles. The number of carboxylic acids is 1. The van der Waals surface area contributed by atoms with Crippen LogP contribution in [0.2, 0.25) is 0 Å². The van der Waals surface area contributed by atoms with Crippen LogP contribution in [0.3, 0.4) is 0 Å². The zero-order valence-electron chi connectivity index (χ0n) is 13.2. The van der Waals surface area contributed by atoms with E-state index in [4.69, 9.17) is 10.4 Å². The number of nitriles is 1. The molecule has 6 heteroatoms. The Kier molecular flexibility index (Phi) is 4.62. The molecule has 0 amide bonds. The molecular weight excluding hydrogens is 304 g/mol. The number of hydrogen-bond donors (Lipinski definition) is 1. The molecule has 3 rings (SSSR count). The maximum atomic E-state index is 10.5. The number of rotatable bonds is 7. The summed E-state index contributed by atoms with van der Waals surface area (Å²) in [5, 5.41) is 18.8. The van der Waals surface area contributed by atoms with Gasteiger partial charge < -0.3 is 14.2 Å². The summed E-state index contributed by atoms with van der Waals surface area (Å²) in [6.07, 6.45) is 7.46. The lowest BCUT2D eigenvalue weighted by Gasteiger charge is -2.03. The molecule has 3 aromatic rings. The van der Waals surface area contributed by atoms with E-state index in [2.05, 4.69) is 15.6 Å². The second-order valence-electron chi connectivity index (χ2n) is 5.78. The van der Waals surface area contributed by atoms with E-state index >= 15 is 0 Å². The summed E-state index contributed by atoms with van der Waals surface area (Å²) in [4.78, 5) is 14.9. The summed E-state index contributed by atoms with van der Waals surface area (Å²) in [5.74, 6) is -0.752. The minimum atomic E-state index is -0.752. The molecular formula is C18H18N4O2. The fourth-order valence-electron chi connectivity index (χ4n) is 2.75. The third-order valence-electron chi connectivity index (χ3n) is 3.98. The lowest BCUT2D eigenvalue weighted by atomic mass is 10.2. The largest absolute Gasteiger partial charge is 0.481 e. The lowest BCUT2D eigenvalue weighted by Crippen LogP contribution is -1.99. The zero-order valence-corrected chi connectivity index (χ0v) is 13.2. The van der Waals surface area contributed by atoms with Crippen molar-refractivity contribution in [2.45, 2.75) is 32.4 Å². The molecule has 0 aliphatic heterocycles. The van der Waals surface area contributed by atoms with Gasteiger partial charge in [0, 0.05) is 30.9 Å². The van der Waals surface area contributed by atoms with Crippen molar-refractivity contribution in [1.82, 2.24) is 14.1 Å². The van der Waals surface area contributed by atoms with Gasteiger partial charge in [0.05, 0.1) is 30.2 Å². The van der Waals surface area contributed by atoms with E-state index in [1.165, 1.54) is 0 Å². The van der Waals surface area contributed by atoms with Gasteiger partial charge in [0.15, 0.2) is 0 Å². The Morgan fingerprint density at radius 2 is 2.17 bits per heavy atom. The average molecular weight is 322 g/mol. The molecule has 0 aliphatic rings. The first-order chi connectivity index (χ1) is 11.7. The molecule has 0 saturated heterocycles. The topological polar surface area (TPSA) is 83.8 Å². The van der Waals surface area contributed by atoms with Crippen LogP contribution < -0.4 is 0 Å². The number of aliphatic carboxylic acids is 1. The Balaban J connectivity index is 1.66. The summed E-state index contributed by atoms with van der Waals surface area (Å²) >= 11 is 0. The van der Waals surface area contributed by atoms with E-state index in [9.17, 15) is 4.79 Å². The van der Waals surface area contributed by atoms with Crippen LogP contribution in [0, 0.1) is 11.3 Å². The van der Waals surface area contributed by atoms with Gasteiger partial charge in [0.1, 0.15) is 0 Å². The summed E-state index contributed by atoms with van der Waals surface area (Å²) < 4.78 is 4.07. The monoisotopic (exact) mass is 322 g/mol. The lowest BCUT2D eigenvalue weighted by molar-refractivity contribution is -0.137. The van der Waals surface area contributed by atoms with Crippen molar-refractivity contribution in [2.24, 2.45) is 0 Å². The fraction of sp³-hybridized carbons (Fsp3) is 0.278. The van der Waals surface area contributed by atoms with E-state index in [-0.39, 0.29) is 6.42 Å². The van der Waals surface area contributed by atoms with Crippen LogP contribution in [-0.2, 0) is 17.9 Å². The summed E-state index contributed by atoms with van der Waals surface area (Å²) in [6.45, 7) is 1.41. The van der Waals surface area contributed by atoms with Crippen LogP contribution in [0.1, 0.15) is 30.5 Å². The van der Waals surface area contributed by atoms with Crippen molar-refractivity contribution in [3.63, 3.8) is 0 Å². The highest BCUT2D eigenvalue weighted by molar-refractivity contribution is 5.81. The molecule has 2 heterocycles. The van der Waals surface area contributed by atoms with Crippen molar-refractivity contribution < 1.29 is 9.90 Å². The molecule has 122 valence electrons. The standard InChI is InChI=1S/C18H18N4O2/c19-10-14-4-5-15-6-8-22(17(15)9-14)12-16-11-21(13-20-16)7-2-1-3-18(23)24/h4-6,8-9,11,13H,1-3,7,12H2,(H,23,24). The minimum Gasteiger partial charge on any atom is -0.481 e. The molecule has 6 nitrogen and oxygen atoms in total. The zero-order chi connectivity index (χ0) is 16.9. The van der Waals surface area contributed by atoms with Crippen LogP contribution in [0.5, 0.6) is 0 Å². The molecule has 0 unspecified atom stereocenters. The van der Waals surface area contributed by atoms with Crippen LogP contribution in [0.25, 0.3) is 10.9 Å². The second-order valence-corrected chi connectivity index (χ2v) is 5.78. The summed E-state index contributed by atoms with van der Waals surface area (Å²) in [5.41, 5.74) is 2.60. The third-order valence-corrected chi connectivity index (χ3v) is 3.98. The molecule has 0 atom stereocenters. The quantitative estimate of drug-likeness (QED) is 0.678. The first kappa shape index (κ1) is 15.8. The Bertz CT molecular complexity index is 901. The van der Waals surface area contributed by atoms with Crippen LogP contribution in [-0.4, -0.2) is 25.2 Å². The van der Waals surface area contributed by atoms with Gasteiger partial charge in [-0.25, -0.2) is 4.98 Å². The number of benzene rings is 1. The Morgan fingerprint density at radius 1 is 1.29 bits per heavy atom. The van der Waals surface area contributed by atoms with Crippen molar-refractivity contribution in [1.29, 1.82) is 5.26 Å². The Hall–Kier alpha value is -3.07. The predicted octanol–water partition coefficient (Wildman–Crippen LogP) is 3.01. The number of carbonyl (C=O) groups is 1. The van der Waals surface area contributed by atoms with Crippen LogP contribution >= 0.6 is 0 Å². The van der Waals surface area contributed by atoms with Gasteiger partial charge in [-0.2, -0.15) is 5.26 Å². The Labute approximate surface area is 139 Å². The third kappa shape index (κ3) is 3.63. The van der Waals surface area contributed by atoms with E-state index in [1.807, 2.05) is 41.2 Å². The number of aromatic nitrogens is 3. The normalized spacial score (nSPS) is 10.8. The van der Waals surface area contributed by atoms with Gasteiger partial charge in [-0.05, 0) is 36.4 Å². The van der Waals surface area contributed by atoms with E-state index in [0.29, 0.717) is 18.5 Å². The number of hydrogen-bond acceptors (Lipinski definition) is 3. The first-order valence-electron chi connectivity index (χ1n) is 7.87. The number of fused-ring (bicyclic) bond motifs is 1. The van der Waals surface area contributed by atoms with Crippen molar-refractivity contribution in [2.75, 3.05) is 0 Å². The first-order valence-corrected chi connectivity index (χ1v) is 7.87. The molecule has 0 fully saturated rings. The van der Waals surface area contributed by atoms with Gasteiger partial charge in [0.25, 0.3) is 0 Å². The number of imidazole rings is 1. The van der Waals surface area contributed by atoms with Crippen molar-refractivity contribution >= 4 is 16.9 Å². The highest BCUT2D eigenvalue weighted by atomic mass is 16.4. The SMILES string of the molecule is N#Cc1ccc2ccn(Cc3cn(CCCCC(=O)O)cn3)c2c1. The maximum absolute atomic E-state index is 10.5.